The SMILES string of the molecule is CCCCCC(=O)C=C[C@H]1[C@H](COC(C)=O)C1(C(=O)OCC)C(=O)OCC. The highest BCUT2D eigenvalue weighted by Crippen LogP contribution is 2.61. The van der Waals surface area contributed by atoms with Crippen LogP contribution in [0.1, 0.15) is 53.4 Å². The number of unbranched alkanes of at least 4 members (excludes halogenated alkanes) is 2. The second kappa shape index (κ2) is 10.8. The minimum Gasteiger partial charge on any atom is -0.466 e. The van der Waals surface area contributed by atoms with Crippen LogP contribution >= 0.6 is 0 Å². The van der Waals surface area contributed by atoms with Gasteiger partial charge in [-0.05, 0) is 26.3 Å². The van der Waals surface area contributed by atoms with E-state index in [0.717, 1.165) is 19.3 Å². The largest absolute Gasteiger partial charge is 0.466 e. The average Bonchev–Trinajstić information content (AvgIpc) is 3.27. The first-order chi connectivity index (χ1) is 12.9. The molecular formula is C20H30O7. The molecule has 7 nitrogen and oxygen atoms in total. The molecule has 0 saturated heterocycles. The first-order valence-corrected chi connectivity index (χ1v) is 9.54. The van der Waals surface area contributed by atoms with Gasteiger partial charge in [0.25, 0.3) is 0 Å². The Bertz CT molecular complexity index is 561. The van der Waals surface area contributed by atoms with E-state index in [-0.39, 0.29) is 25.6 Å². The standard InChI is InChI=1S/C20H30O7/c1-5-8-9-10-15(22)11-12-16-17(13-27-14(4)21)20(16,18(23)25-6-2)19(24)26-7-3/h11-12,16-17H,5-10,13H2,1-4H3/t16-,17-/m0/s1. The normalized spacial score (nSPS) is 20.1. The number of allylic oxidation sites excluding steroid dienone is 2. The minimum absolute atomic E-state index is 0.0665. The highest BCUT2D eigenvalue weighted by molar-refractivity contribution is 6.05. The van der Waals surface area contributed by atoms with Crippen LogP contribution in [0.4, 0.5) is 0 Å². The van der Waals surface area contributed by atoms with Crippen molar-refractivity contribution in [3.63, 3.8) is 0 Å². The van der Waals surface area contributed by atoms with Gasteiger partial charge in [0.15, 0.2) is 11.2 Å². The predicted molar refractivity (Wildman–Crippen MR) is 97.6 cm³/mol. The lowest BCUT2D eigenvalue weighted by Crippen LogP contribution is -2.34. The van der Waals surface area contributed by atoms with Crippen LogP contribution in [-0.4, -0.2) is 43.5 Å². The summed E-state index contributed by atoms with van der Waals surface area (Å²) in [4.78, 5) is 48.4. The van der Waals surface area contributed by atoms with Gasteiger partial charge in [-0.1, -0.05) is 25.8 Å². The summed E-state index contributed by atoms with van der Waals surface area (Å²) in [5.41, 5.74) is -1.57. The van der Waals surface area contributed by atoms with Crippen molar-refractivity contribution in [1.82, 2.24) is 0 Å². The summed E-state index contributed by atoms with van der Waals surface area (Å²) in [6, 6.07) is 0. The van der Waals surface area contributed by atoms with Crippen molar-refractivity contribution in [3.8, 4) is 0 Å². The summed E-state index contributed by atoms with van der Waals surface area (Å²) in [7, 11) is 0. The topological polar surface area (TPSA) is 96.0 Å². The Labute approximate surface area is 160 Å². The number of carbonyl (C=O) groups is 4. The summed E-state index contributed by atoms with van der Waals surface area (Å²) in [6.07, 6.45) is 6.14. The van der Waals surface area contributed by atoms with Gasteiger partial charge in [-0.3, -0.25) is 19.2 Å². The fraction of sp³-hybridized carbons (Fsp3) is 0.700. The van der Waals surface area contributed by atoms with Crippen LogP contribution < -0.4 is 0 Å². The molecule has 0 amide bonds. The maximum atomic E-state index is 12.6. The Morgan fingerprint density at radius 3 is 2.00 bits per heavy atom. The second-order valence-electron chi connectivity index (χ2n) is 6.53. The lowest BCUT2D eigenvalue weighted by atomic mass is 10.0. The van der Waals surface area contributed by atoms with E-state index >= 15 is 0 Å². The average molecular weight is 382 g/mol. The van der Waals surface area contributed by atoms with E-state index in [4.69, 9.17) is 14.2 Å². The number of ketones is 1. The Balaban J connectivity index is 3.02. The van der Waals surface area contributed by atoms with Gasteiger partial charge in [0, 0.05) is 25.2 Å². The molecular weight excluding hydrogens is 352 g/mol. The Morgan fingerprint density at radius 2 is 1.52 bits per heavy atom. The zero-order chi connectivity index (χ0) is 20.4. The smallest absolute Gasteiger partial charge is 0.324 e. The number of rotatable bonds is 12. The van der Waals surface area contributed by atoms with Gasteiger partial charge in [-0.25, -0.2) is 0 Å². The molecule has 152 valence electrons. The van der Waals surface area contributed by atoms with Crippen molar-refractivity contribution < 1.29 is 33.4 Å². The summed E-state index contributed by atoms with van der Waals surface area (Å²) < 4.78 is 15.2. The molecule has 0 radical (unpaired) electrons. The molecule has 0 aromatic rings. The van der Waals surface area contributed by atoms with Crippen molar-refractivity contribution in [3.05, 3.63) is 12.2 Å². The molecule has 1 fully saturated rings. The molecule has 0 aromatic heterocycles. The Hall–Kier alpha value is -2.18. The van der Waals surface area contributed by atoms with Gasteiger partial charge in [-0.2, -0.15) is 0 Å². The van der Waals surface area contributed by atoms with Gasteiger partial charge in [0.2, 0.25) is 0 Å². The lowest BCUT2D eigenvalue weighted by molar-refractivity contribution is -0.166. The van der Waals surface area contributed by atoms with Crippen LogP contribution in [0.15, 0.2) is 12.2 Å². The first kappa shape index (κ1) is 22.9. The van der Waals surface area contributed by atoms with Crippen molar-refractivity contribution in [2.45, 2.75) is 53.4 Å². The number of esters is 3. The van der Waals surface area contributed by atoms with Gasteiger partial charge in [-0.15, -0.1) is 0 Å². The molecule has 7 heteroatoms. The lowest BCUT2D eigenvalue weighted by Gasteiger charge is -2.15. The van der Waals surface area contributed by atoms with Crippen molar-refractivity contribution in [2.24, 2.45) is 17.3 Å². The fourth-order valence-electron chi connectivity index (χ4n) is 3.22. The summed E-state index contributed by atoms with van der Waals surface area (Å²) in [5.74, 6) is -3.23. The van der Waals surface area contributed by atoms with E-state index in [0.29, 0.717) is 6.42 Å². The van der Waals surface area contributed by atoms with E-state index in [9.17, 15) is 19.2 Å². The quantitative estimate of drug-likeness (QED) is 0.168. The molecule has 0 aliphatic heterocycles. The molecule has 27 heavy (non-hydrogen) atoms. The third-order valence-corrected chi connectivity index (χ3v) is 4.64. The third-order valence-electron chi connectivity index (χ3n) is 4.64. The molecule has 1 aliphatic rings. The Kier molecular flexibility index (Phi) is 9.18. The molecule has 0 aromatic carbocycles. The monoisotopic (exact) mass is 382 g/mol. The summed E-state index contributed by atoms with van der Waals surface area (Å²) in [6.45, 7) is 6.67. The number of ether oxygens (including phenoxy) is 3. The maximum absolute atomic E-state index is 12.6. The van der Waals surface area contributed by atoms with Crippen molar-refractivity contribution in [1.29, 1.82) is 0 Å². The molecule has 0 unspecified atom stereocenters. The number of hydrogen-bond donors (Lipinski definition) is 0. The molecule has 1 rings (SSSR count). The van der Waals surface area contributed by atoms with Gasteiger partial charge in [0.05, 0.1) is 19.8 Å². The van der Waals surface area contributed by atoms with Crippen LogP contribution in [0.25, 0.3) is 0 Å². The van der Waals surface area contributed by atoms with Crippen molar-refractivity contribution in [2.75, 3.05) is 19.8 Å². The first-order valence-electron chi connectivity index (χ1n) is 9.54. The fourth-order valence-corrected chi connectivity index (χ4v) is 3.22. The van der Waals surface area contributed by atoms with Gasteiger partial charge < -0.3 is 14.2 Å². The molecule has 0 bridgehead atoms. The van der Waals surface area contributed by atoms with Crippen molar-refractivity contribution >= 4 is 23.7 Å². The van der Waals surface area contributed by atoms with E-state index in [1.807, 2.05) is 0 Å². The molecule has 2 atom stereocenters. The predicted octanol–water partition coefficient (Wildman–Crippen LogP) is 2.61. The highest BCUT2D eigenvalue weighted by Gasteiger charge is 2.76. The summed E-state index contributed by atoms with van der Waals surface area (Å²) >= 11 is 0. The van der Waals surface area contributed by atoms with Crippen LogP contribution in [0.2, 0.25) is 0 Å². The van der Waals surface area contributed by atoms with E-state index in [2.05, 4.69) is 6.92 Å². The van der Waals surface area contributed by atoms with Crippen LogP contribution in [0.3, 0.4) is 0 Å². The zero-order valence-electron chi connectivity index (χ0n) is 16.6. The van der Waals surface area contributed by atoms with Gasteiger partial charge in [0.1, 0.15) is 0 Å². The van der Waals surface area contributed by atoms with Crippen LogP contribution in [0.5, 0.6) is 0 Å². The molecule has 0 heterocycles. The van der Waals surface area contributed by atoms with Crippen LogP contribution in [0, 0.1) is 17.3 Å². The third kappa shape index (κ3) is 5.65. The summed E-state index contributed by atoms with van der Waals surface area (Å²) in [5, 5.41) is 0. The van der Waals surface area contributed by atoms with E-state index in [1.54, 1.807) is 19.9 Å². The minimum atomic E-state index is -1.57. The molecule has 1 saturated carbocycles. The van der Waals surface area contributed by atoms with E-state index < -0.39 is 35.2 Å². The zero-order valence-corrected chi connectivity index (χ0v) is 16.6. The molecule has 0 spiro atoms. The molecule has 0 N–H and O–H groups in total. The maximum Gasteiger partial charge on any atom is 0.324 e. The van der Waals surface area contributed by atoms with Crippen LogP contribution in [-0.2, 0) is 33.4 Å². The number of hydrogen-bond acceptors (Lipinski definition) is 7. The second-order valence-corrected chi connectivity index (χ2v) is 6.53. The van der Waals surface area contributed by atoms with E-state index in [1.165, 1.54) is 13.0 Å². The highest BCUT2D eigenvalue weighted by atomic mass is 16.6. The Morgan fingerprint density at radius 1 is 0.926 bits per heavy atom. The van der Waals surface area contributed by atoms with Gasteiger partial charge >= 0.3 is 17.9 Å². The molecule has 1 aliphatic carbocycles. The number of carbonyl (C=O) groups excluding carboxylic acids is 4.